The van der Waals surface area contributed by atoms with Crippen LogP contribution in [-0.2, 0) is 14.3 Å². The van der Waals surface area contributed by atoms with E-state index >= 15 is 0 Å². The molecular formula is C21H32FN5O4. The van der Waals surface area contributed by atoms with Gasteiger partial charge in [-0.15, -0.1) is 0 Å². The maximum Gasteiger partial charge on any atom is 0.253 e. The van der Waals surface area contributed by atoms with E-state index in [0.717, 1.165) is 31.9 Å². The lowest BCUT2D eigenvalue weighted by Crippen LogP contribution is -2.42. The van der Waals surface area contributed by atoms with Crippen molar-refractivity contribution in [2.45, 2.75) is 51.2 Å². The first-order chi connectivity index (χ1) is 14.7. The molecule has 10 heteroatoms. The molecule has 2 saturated carbocycles. The third-order valence-electron chi connectivity index (χ3n) is 5.65. The zero-order valence-electron chi connectivity index (χ0n) is 18.1. The average Bonchev–Trinajstić information content (AvgIpc) is 3.66. The molecule has 2 aliphatic carbocycles. The van der Waals surface area contributed by atoms with E-state index in [1.54, 1.807) is 6.92 Å². The summed E-state index contributed by atoms with van der Waals surface area (Å²) in [6, 6.07) is -0.579. The number of hydrogen-bond donors (Lipinski definition) is 6. The number of hydrogen-bond acceptors (Lipinski definition) is 8. The molecular weight excluding hydrogens is 405 g/mol. The third kappa shape index (κ3) is 6.88. The number of aliphatic hydroxyl groups is 1. The Bertz CT molecular complexity index is 762. The second-order valence-corrected chi connectivity index (χ2v) is 7.89. The summed E-state index contributed by atoms with van der Waals surface area (Å²) in [4.78, 5) is 12.5. The summed E-state index contributed by atoms with van der Waals surface area (Å²) < 4.78 is 23.6. The molecule has 0 aromatic heterocycles. The van der Waals surface area contributed by atoms with E-state index < -0.39 is 29.7 Å². The summed E-state index contributed by atoms with van der Waals surface area (Å²) >= 11 is 0. The van der Waals surface area contributed by atoms with Gasteiger partial charge in [0.1, 0.15) is 11.8 Å². The Morgan fingerprint density at radius 1 is 1.16 bits per heavy atom. The van der Waals surface area contributed by atoms with Gasteiger partial charge in [-0.2, -0.15) is 4.39 Å². The second kappa shape index (κ2) is 11.0. The van der Waals surface area contributed by atoms with E-state index in [-0.39, 0.29) is 23.3 Å². The number of methoxy groups -OCH3 is 2. The molecule has 0 bridgehead atoms. The number of allylic oxidation sites excluding steroid dienone is 1. The molecule has 2 rings (SSSR count). The summed E-state index contributed by atoms with van der Waals surface area (Å²) in [6.45, 7) is 1.80. The number of rotatable bonds is 12. The van der Waals surface area contributed by atoms with Crippen LogP contribution in [0.15, 0.2) is 23.5 Å². The highest BCUT2D eigenvalue weighted by Gasteiger charge is 2.47. The SMILES string of the molecule is CCC(N/C=C(/NC(=O)C(O)C(C1CC1)C1CC1)C(=N)F)/C(=C/C(=N)OC)C(=N)OC. The minimum atomic E-state index is -1.37. The zero-order valence-corrected chi connectivity index (χ0v) is 18.1. The molecule has 0 saturated heterocycles. The Balaban J connectivity index is 2.13. The quantitative estimate of drug-likeness (QED) is 0.204. The first-order valence-electron chi connectivity index (χ1n) is 10.4. The van der Waals surface area contributed by atoms with E-state index in [1.165, 1.54) is 20.3 Å². The van der Waals surface area contributed by atoms with Gasteiger partial charge in [0.25, 0.3) is 5.91 Å². The van der Waals surface area contributed by atoms with Crippen LogP contribution in [0.5, 0.6) is 0 Å². The summed E-state index contributed by atoms with van der Waals surface area (Å²) in [5.41, 5.74) is -0.135. The van der Waals surface area contributed by atoms with Gasteiger partial charge >= 0.3 is 0 Å². The molecule has 0 aliphatic heterocycles. The first kappa shape index (κ1) is 24.5. The topological polar surface area (TPSA) is 151 Å². The van der Waals surface area contributed by atoms with E-state index in [4.69, 9.17) is 25.7 Å². The van der Waals surface area contributed by atoms with Gasteiger partial charge in [0, 0.05) is 17.8 Å². The van der Waals surface area contributed by atoms with Gasteiger partial charge in [0.05, 0.1) is 20.3 Å². The standard InChI is InChI=1S/C21H32FN5O4/c1-4-14(13(20(25)31-3)9-16(23)30-2)26-10-15(19(22)24)27-21(29)18(28)17(11-5-6-11)12-7-8-12/h9-12,14,17-18,23-26,28H,4-8H2,1-3H3,(H,27,29)/b13-9-,15-10+,23-16?,24-19?,25-20?. The minimum absolute atomic E-state index is 0.122. The molecule has 172 valence electrons. The highest BCUT2D eigenvalue weighted by atomic mass is 19.1. The van der Waals surface area contributed by atoms with Gasteiger partial charge < -0.3 is 25.2 Å². The summed E-state index contributed by atoms with van der Waals surface area (Å²) in [5.74, 6) is -1.95. The number of carbonyl (C=O) groups excluding carboxylic acids is 1. The van der Waals surface area contributed by atoms with Crippen LogP contribution in [0.1, 0.15) is 39.0 Å². The Hall–Kier alpha value is -2.75. The van der Waals surface area contributed by atoms with E-state index in [9.17, 15) is 14.3 Å². The molecule has 2 aliphatic rings. The molecule has 2 unspecified atom stereocenters. The van der Waals surface area contributed by atoms with Crippen molar-refractivity contribution in [2.24, 2.45) is 17.8 Å². The third-order valence-corrected chi connectivity index (χ3v) is 5.65. The maximum atomic E-state index is 13.8. The molecule has 6 N–H and O–H groups in total. The van der Waals surface area contributed by atoms with Gasteiger partial charge in [0.2, 0.25) is 17.8 Å². The lowest BCUT2D eigenvalue weighted by atomic mass is 9.91. The van der Waals surface area contributed by atoms with Crippen LogP contribution in [0.2, 0.25) is 0 Å². The van der Waals surface area contributed by atoms with Crippen molar-refractivity contribution in [3.63, 3.8) is 0 Å². The Morgan fingerprint density at radius 2 is 1.74 bits per heavy atom. The van der Waals surface area contributed by atoms with Crippen molar-refractivity contribution < 1.29 is 23.8 Å². The normalized spacial score (nSPS) is 18.8. The minimum Gasteiger partial charge on any atom is -0.481 e. The van der Waals surface area contributed by atoms with E-state index in [1.807, 2.05) is 0 Å². The van der Waals surface area contributed by atoms with Crippen LogP contribution in [0, 0.1) is 34.0 Å². The van der Waals surface area contributed by atoms with Gasteiger partial charge in [-0.3, -0.25) is 21.0 Å². The fraction of sp³-hybridized carbons (Fsp3) is 0.619. The molecule has 31 heavy (non-hydrogen) atoms. The van der Waals surface area contributed by atoms with Crippen molar-refractivity contribution >= 4 is 23.7 Å². The van der Waals surface area contributed by atoms with Crippen molar-refractivity contribution in [2.75, 3.05) is 14.2 Å². The highest BCUT2D eigenvalue weighted by Crippen LogP contribution is 2.50. The van der Waals surface area contributed by atoms with E-state index in [0.29, 0.717) is 18.3 Å². The monoisotopic (exact) mass is 437 g/mol. The van der Waals surface area contributed by atoms with Crippen LogP contribution in [0.25, 0.3) is 0 Å². The Kier molecular flexibility index (Phi) is 8.73. The number of ether oxygens (including phenoxy) is 2. The van der Waals surface area contributed by atoms with Crippen LogP contribution in [0.3, 0.4) is 0 Å². The fourth-order valence-corrected chi connectivity index (χ4v) is 3.65. The van der Waals surface area contributed by atoms with Crippen LogP contribution >= 0.6 is 0 Å². The smallest absolute Gasteiger partial charge is 0.253 e. The molecule has 9 nitrogen and oxygen atoms in total. The number of halogens is 1. The molecule has 0 spiro atoms. The molecule has 0 aromatic rings. The van der Waals surface area contributed by atoms with E-state index in [2.05, 4.69) is 10.6 Å². The number of nitrogens with one attached hydrogen (secondary N) is 5. The fourth-order valence-electron chi connectivity index (χ4n) is 3.65. The van der Waals surface area contributed by atoms with Crippen molar-refractivity contribution in [1.29, 1.82) is 16.2 Å². The molecule has 2 fully saturated rings. The van der Waals surface area contributed by atoms with Crippen molar-refractivity contribution in [1.82, 2.24) is 10.6 Å². The maximum absolute atomic E-state index is 13.8. The number of aliphatic hydroxyl groups excluding tert-OH is 1. The predicted molar refractivity (Wildman–Crippen MR) is 115 cm³/mol. The van der Waals surface area contributed by atoms with Gasteiger partial charge in [-0.1, -0.05) is 6.92 Å². The molecule has 1 amide bonds. The van der Waals surface area contributed by atoms with Crippen molar-refractivity contribution in [3.05, 3.63) is 23.5 Å². The second-order valence-electron chi connectivity index (χ2n) is 7.89. The van der Waals surface area contributed by atoms with Crippen LogP contribution in [-0.4, -0.2) is 55.1 Å². The molecule has 2 atom stereocenters. The lowest BCUT2D eigenvalue weighted by Gasteiger charge is -2.23. The number of amides is 1. The lowest BCUT2D eigenvalue weighted by molar-refractivity contribution is -0.132. The predicted octanol–water partition coefficient (Wildman–Crippen LogP) is 2.23. The largest absolute Gasteiger partial charge is 0.481 e. The summed E-state index contributed by atoms with van der Waals surface area (Å²) in [5, 5.41) is 38.7. The molecule has 0 aromatic carbocycles. The highest BCUT2D eigenvalue weighted by molar-refractivity contribution is 5.99. The molecule has 0 radical (unpaired) electrons. The van der Waals surface area contributed by atoms with Crippen molar-refractivity contribution in [3.8, 4) is 0 Å². The summed E-state index contributed by atoms with van der Waals surface area (Å²) in [7, 11) is 2.64. The van der Waals surface area contributed by atoms with Gasteiger partial charge in [-0.05, 0) is 49.9 Å². The van der Waals surface area contributed by atoms with Crippen LogP contribution in [0.4, 0.5) is 4.39 Å². The zero-order chi connectivity index (χ0) is 23.1. The van der Waals surface area contributed by atoms with Crippen LogP contribution < -0.4 is 10.6 Å². The average molecular weight is 438 g/mol. The number of carbonyl (C=O) groups is 1. The Labute approximate surface area is 181 Å². The van der Waals surface area contributed by atoms with Gasteiger partial charge in [0.15, 0.2) is 0 Å². The molecule has 0 heterocycles. The first-order valence-corrected chi connectivity index (χ1v) is 10.4. The Morgan fingerprint density at radius 3 is 2.16 bits per heavy atom. The summed E-state index contributed by atoms with van der Waals surface area (Å²) in [6.07, 6.45) is 5.57. The van der Waals surface area contributed by atoms with Gasteiger partial charge in [-0.25, -0.2) is 0 Å².